The first kappa shape index (κ1) is 9.69. The predicted molar refractivity (Wildman–Crippen MR) is 61.5 cm³/mol. The van der Waals surface area contributed by atoms with Crippen molar-refractivity contribution in [3.8, 4) is 0 Å². The van der Waals surface area contributed by atoms with Gasteiger partial charge in [0.1, 0.15) is 0 Å². The second kappa shape index (κ2) is 4.11. The van der Waals surface area contributed by atoms with E-state index in [1.54, 1.807) is 0 Å². The molecule has 0 radical (unpaired) electrons. The number of thiophene rings is 1. The fourth-order valence-corrected chi connectivity index (χ4v) is 3.93. The lowest BCUT2D eigenvalue weighted by atomic mass is 10.1. The van der Waals surface area contributed by atoms with Gasteiger partial charge in [-0.3, -0.25) is 0 Å². The Bertz CT molecular complexity index is 284. The van der Waals surface area contributed by atoms with E-state index in [2.05, 4.69) is 39.7 Å². The van der Waals surface area contributed by atoms with E-state index in [9.17, 15) is 0 Å². The third kappa shape index (κ3) is 1.97. The maximum atomic E-state index is 3.61. The third-order valence-electron chi connectivity index (χ3n) is 2.86. The molecule has 0 amide bonds. The molecular weight excluding hydrogens is 246 g/mol. The fraction of sp³-hybridized carbons (Fsp3) is 0.600. The Labute approximate surface area is 91.7 Å². The molecule has 1 nitrogen and oxygen atoms in total. The zero-order valence-electron chi connectivity index (χ0n) is 7.72. The molecule has 2 atom stereocenters. The second-order valence-corrected chi connectivity index (χ2v) is 5.43. The minimum atomic E-state index is 0.735. The lowest BCUT2D eigenvalue weighted by Crippen LogP contribution is -2.20. The summed E-state index contributed by atoms with van der Waals surface area (Å²) in [7, 11) is 2.07. The molecule has 72 valence electrons. The van der Waals surface area contributed by atoms with Gasteiger partial charge in [0.25, 0.3) is 0 Å². The molecule has 13 heavy (non-hydrogen) atoms. The van der Waals surface area contributed by atoms with E-state index in [0.717, 1.165) is 12.0 Å². The first-order valence-electron chi connectivity index (χ1n) is 4.71. The Morgan fingerprint density at radius 1 is 1.54 bits per heavy atom. The number of hydrogen-bond donors (Lipinski definition) is 1. The summed E-state index contributed by atoms with van der Waals surface area (Å²) in [6.45, 7) is 0. The molecule has 1 heterocycles. The number of rotatable bonds is 2. The van der Waals surface area contributed by atoms with Gasteiger partial charge in [0.15, 0.2) is 0 Å². The summed E-state index contributed by atoms with van der Waals surface area (Å²) >= 11 is 5.49. The molecule has 1 aromatic rings. The molecule has 0 bridgehead atoms. The normalized spacial score (nSPS) is 28.2. The van der Waals surface area contributed by atoms with E-state index in [1.807, 2.05) is 11.3 Å². The molecule has 1 N–H and O–H groups in total. The van der Waals surface area contributed by atoms with Crippen LogP contribution in [0.5, 0.6) is 0 Å². The smallest absolute Gasteiger partial charge is 0.0317 e. The highest BCUT2D eigenvalue weighted by atomic mass is 79.9. The van der Waals surface area contributed by atoms with Gasteiger partial charge in [-0.25, -0.2) is 0 Å². The van der Waals surface area contributed by atoms with Gasteiger partial charge >= 0.3 is 0 Å². The average Bonchev–Trinajstić information content (AvgIpc) is 2.71. The lowest BCUT2D eigenvalue weighted by molar-refractivity contribution is 0.573. The lowest BCUT2D eigenvalue weighted by Gasteiger charge is -2.09. The third-order valence-corrected chi connectivity index (χ3v) is 4.89. The van der Waals surface area contributed by atoms with E-state index in [4.69, 9.17) is 0 Å². The van der Waals surface area contributed by atoms with Gasteiger partial charge in [-0.15, -0.1) is 11.3 Å². The molecule has 2 rings (SSSR count). The second-order valence-electron chi connectivity index (χ2n) is 3.63. The largest absolute Gasteiger partial charge is 0.317 e. The average molecular weight is 260 g/mol. The number of nitrogens with one attached hydrogen (secondary N) is 1. The minimum Gasteiger partial charge on any atom is -0.317 e. The van der Waals surface area contributed by atoms with Crippen LogP contribution in [0, 0.1) is 0 Å². The van der Waals surface area contributed by atoms with Crippen LogP contribution in [0.2, 0.25) is 0 Å². The quantitative estimate of drug-likeness (QED) is 0.859. The van der Waals surface area contributed by atoms with Crippen molar-refractivity contribution in [3.63, 3.8) is 0 Å². The van der Waals surface area contributed by atoms with E-state index < -0.39 is 0 Å². The first-order chi connectivity index (χ1) is 6.31. The Kier molecular flexibility index (Phi) is 3.06. The van der Waals surface area contributed by atoms with Gasteiger partial charge in [0.05, 0.1) is 0 Å². The molecule has 1 fully saturated rings. The van der Waals surface area contributed by atoms with Crippen molar-refractivity contribution in [2.24, 2.45) is 0 Å². The number of halogens is 1. The summed E-state index contributed by atoms with van der Waals surface area (Å²) in [5.74, 6) is 0.784. The predicted octanol–water partition coefficient (Wildman–Crippen LogP) is 3.37. The fourth-order valence-electron chi connectivity index (χ4n) is 2.08. The van der Waals surface area contributed by atoms with Crippen LogP contribution in [0.15, 0.2) is 15.9 Å². The molecule has 1 aromatic heterocycles. The van der Waals surface area contributed by atoms with E-state index in [-0.39, 0.29) is 0 Å². The molecular formula is C10H14BrNS. The highest BCUT2D eigenvalue weighted by molar-refractivity contribution is 9.10. The number of hydrogen-bond acceptors (Lipinski definition) is 2. The summed E-state index contributed by atoms with van der Waals surface area (Å²) in [6, 6.07) is 2.89. The van der Waals surface area contributed by atoms with Crippen LogP contribution < -0.4 is 5.32 Å². The van der Waals surface area contributed by atoms with Crippen LogP contribution >= 0.6 is 27.3 Å². The minimum absolute atomic E-state index is 0.735. The van der Waals surface area contributed by atoms with Crippen LogP contribution in [-0.2, 0) is 0 Å². The van der Waals surface area contributed by atoms with Crippen LogP contribution in [0.1, 0.15) is 30.1 Å². The Hall–Kier alpha value is 0.140. The maximum absolute atomic E-state index is 3.61. The standard InChI is InChI=1S/C10H14BrNS/c1-12-8-3-2-7(6-8)10-9(11)4-5-13-10/h4-5,7-8,12H,2-3,6H2,1H3. The Morgan fingerprint density at radius 3 is 2.92 bits per heavy atom. The van der Waals surface area contributed by atoms with Gasteiger partial charge in [0, 0.05) is 15.4 Å². The highest BCUT2D eigenvalue weighted by Gasteiger charge is 2.26. The molecule has 1 aliphatic carbocycles. The van der Waals surface area contributed by atoms with Crippen LogP contribution in [0.3, 0.4) is 0 Å². The first-order valence-corrected chi connectivity index (χ1v) is 6.38. The van der Waals surface area contributed by atoms with Gasteiger partial charge < -0.3 is 5.32 Å². The van der Waals surface area contributed by atoms with Crippen molar-refractivity contribution in [1.29, 1.82) is 0 Å². The van der Waals surface area contributed by atoms with Gasteiger partial charge in [-0.05, 0) is 59.6 Å². The Balaban J connectivity index is 2.08. The highest BCUT2D eigenvalue weighted by Crippen LogP contribution is 2.40. The summed E-state index contributed by atoms with van der Waals surface area (Å²) in [5, 5.41) is 5.54. The zero-order valence-corrected chi connectivity index (χ0v) is 10.1. The molecule has 0 aromatic carbocycles. The molecule has 1 saturated carbocycles. The molecule has 0 spiro atoms. The van der Waals surface area contributed by atoms with E-state index in [1.165, 1.54) is 28.6 Å². The summed E-state index contributed by atoms with van der Waals surface area (Å²) < 4.78 is 1.30. The topological polar surface area (TPSA) is 12.0 Å². The monoisotopic (exact) mass is 259 g/mol. The van der Waals surface area contributed by atoms with Crippen molar-refractivity contribution >= 4 is 27.3 Å². The Morgan fingerprint density at radius 2 is 2.38 bits per heavy atom. The zero-order chi connectivity index (χ0) is 9.26. The maximum Gasteiger partial charge on any atom is 0.0317 e. The summed E-state index contributed by atoms with van der Waals surface area (Å²) in [5.41, 5.74) is 0. The van der Waals surface area contributed by atoms with Crippen molar-refractivity contribution in [3.05, 3.63) is 20.8 Å². The van der Waals surface area contributed by atoms with Gasteiger partial charge in [-0.1, -0.05) is 0 Å². The molecule has 2 unspecified atom stereocenters. The summed E-state index contributed by atoms with van der Waals surface area (Å²) in [4.78, 5) is 1.54. The van der Waals surface area contributed by atoms with Crippen molar-refractivity contribution in [1.82, 2.24) is 5.32 Å². The van der Waals surface area contributed by atoms with Crippen molar-refractivity contribution in [2.75, 3.05) is 7.05 Å². The van der Waals surface area contributed by atoms with E-state index >= 15 is 0 Å². The van der Waals surface area contributed by atoms with Crippen LogP contribution in [0.4, 0.5) is 0 Å². The van der Waals surface area contributed by atoms with Crippen molar-refractivity contribution in [2.45, 2.75) is 31.2 Å². The molecule has 0 aliphatic heterocycles. The van der Waals surface area contributed by atoms with Crippen LogP contribution in [0.25, 0.3) is 0 Å². The molecule has 3 heteroatoms. The summed E-state index contributed by atoms with van der Waals surface area (Å²) in [6.07, 6.45) is 3.96. The SMILES string of the molecule is CNC1CCC(c2sccc2Br)C1. The van der Waals surface area contributed by atoms with Gasteiger partial charge in [-0.2, -0.15) is 0 Å². The van der Waals surface area contributed by atoms with Crippen molar-refractivity contribution < 1.29 is 0 Å². The van der Waals surface area contributed by atoms with Crippen LogP contribution in [-0.4, -0.2) is 13.1 Å². The van der Waals surface area contributed by atoms with E-state index in [0.29, 0.717) is 0 Å². The van der Waals surface area contributed by atoms with Gasteiger partial charge in [0.2, 0.25) is 0 Å². The molecule has 0 saturated heterocycles. The molecule has 1 aliphatic rings.